The average molecular weight is 961 g/mol. The van der Waals surface area contributed by atoms with Gasteiger partial charge in [-0.2, -0.15) is 0 Å². The first kappa shape index (κ1) is 45.5. The molecule has 0 saturated heterocycles. The third-order valence-corrected chi connectivity index (χ3v) is 17.3. The van der Waals surface area contributed by atoms with E-state index in [-0.39, 0.29) is 23.0 Å². The highest BCUT2D eigenvalue weighted by atomic mass is 32.1. The zero-order chi connectivity index (χ0) is 50.3. The predicted octanol–water partition coefficient (Wildman–Crippen LogP) is 18.0. The van der Waals surface area contributed by atoms with Crippen molar-refractivity contribution in [2.45, 2.75) is 85.5 Å². The standard InChI is InChI=1S/C69H61BN2S/c1-42-37-58-62(41-54(42)43-19-12-11-13-20-43)72(59-35-30-46(68(5,6)7)39-55(59)44-27-34-53-51-23-15-14-21-49(51)50-22-16-17-24-52(50)56(53)38-44)61-26-18-25-60-64(61)70(58)66-65(57-40-47(69(8,9)10)31-36-63(57)73-66)71(60)48-32-28-45(29-33-48)67(2,3)4/h11-41H,1-10H3. The van der Waals surface area contributed by atoms with Gasteiger partial charge >= 0.3 is 0 Å². The van der Waals surface area contributed by atoms with Crippen molar-refractivity contribution >= 4 is 110 Å². The monoisotopic (exact) mass is 960 g/mol. The summed E-state index contributed by atoms with van der Waals surface area (Å²) in [5.74, 6) is 0. The Bertz CT molecular complexity index is 4010. The zero-order valence-electron chi connectivity index (χ0n) is 43.8. The summed E-state index contributed by atoms with van der Waals surface area (Å²) in [5, 5.41) is 9.02. The summed E-state index contributed by atoms with van der Waals surface area (Å²) < 4.78 is 2.72. The number of hydrogen-bond acceptors (Lipinski definition) is 3. The molecule has 0 unspecified atom stereocenters. The molecule has 0 amide bonds. The molecule has 2 nitrogen and oxygen atoms in total. The van der Waals surface area contributed by atoms with E-state index >= 15 is 0 Å². The number of fused-ring (bicyclic) bond motifs is 12. The first-order valence-electron chi connectivity index (χ1n) is 26.1. The van der Waals surface area contributed by atoms with Gasteiger partial charge in [-0.1, -0.05) is 190 Å². The molecule has 13 rings (SSSR count). The van der Waals surface area contributed by atoms with E-state index < -0.39 is 0 Å². The molecule has 10 aromatic carbocycles. The van der Waals surface area contributed by atoms with E-state index in [0.29, 0.717) is 0 Å². The van der Waals surface area contributed by atoms with Gasteiger partial charge in [0, 0.05) is 43.2 Å². The van der Waals surface area contributed by atoms with Crippen LogP contribution in [0.25, 0.3) is 64.7 Å². The molecule has 11 aromatic rings. The summed E-state index contributed by atoms with van der Waals surface area (Å²) in [4.78, 5) is 5.25. The van der Waals surface area contributed by atoms with Crippen molar-refractivity contribution in [1.82, 2.24) is 0 Å². The number of anilines is 6. The molecule has 0 bridgehead atoms. The van der Waals surface area contributed by atoms with Crippen LogP contribution < -0.4 is 25.5 Å². The highest BCUT2D eigenvalue weighted by molar-refractivity contribution is 7.33. The number of rotatable bonds is 4. The van der Waals surface area contributed by atoms with E-state index in [2.05, 4.69) is 267 Å². The zero-order valence-corrected chi connectivity index (χ0v) is 44.6. The number of benzene rings is 10. The third kappa shape index (κ3) is 7.19. The van der Waals surface area contributed by atoms with Crippen LogP contribution in [-0.2, 0) is 16.2 Å². The fourth-order valence-corrected chi connectivity index (χ4v) is 13.4. The smallest absolute Gasteiger partial charge is 0.264 e. The molecule has 0 atom stereocenters. The maximum atomic E-state index is 2.64. The van der Waals surface area contributed by atoms with Crippen LogP contribution in [-0.4, -0.2) is 6.71 Å². The fraction of sp³-hybridized carbons (Fsp3) is 0.188. The third-order valence-electron chi connectivity index (χ3n) is 16.0. The van der Waals surface area contributed by atoms with Crippen molar-refractivity contribution in [3.05, 3.63) is 210 Å². The van der Waals surface area contributed by atoms with Crippen molar-refractivity contribution in [1.29, 1.82) is 0 Å². The summed E-state index contributed by atoms with van der Waals surface area (Å²) in [7, 11) is 0. The second-order valence-corrected chi connectivity index (χ2v) is 24.9. The van der Waals surface area contributed by atoms with Gasteiger partial charge < -0.3 is 9.80 Å². The number of aryl methyl sites for hydroxylation is 1. The van der Waals surface area contributed by atoms with Gasteiger partial charge in [-0.3, -0.25) is 0 Å². The van der Waals surface area contributed by atoms with Crippen molar-refractivity contribution < 1.29 is 0 Å². The molecule has 0 aliphatic carbocycles. The SMILES string of the molecule is Cc1cc2c(cc1-c1ccccc1)N(c1ccc(C(C)(C)C)cc1-c1ccc3c4ccccc4c4ccccc4c3c1)c1cccc3c1B2c1sc2ccc(C(C)(C)C)cc2c1N3c1ccc(C(C)(C)C)cc1. The Morgan fingerprint density at radius 1 is 0.384 bits per heavy atom. The van der Waals surface area contributed by atoms with Crippen molar-refractivity contribution in [3.63, 3.8) is 0 Å². The van der Waals surface area contributed by atoms with Gasteiger partial charge in [0.25, 0.3) is 6.71 Å². The molecule has 2 aliphatic heterocycles. The van der Waals surface area contributed by atoms with Crippen molar-refractivity contribution in [2.24, 2.45) is 0 Å². The molecule has 356 valence electrons. The van der Waals surface area contributed by atoms with Crippen LogP contribution in [0.15, 0.2) is 188 Å². The first-order chi connectivity index (χ1) is 35.0. The minimum Gasteiger partial charge on any atom is -0.311 e. The maximum Gasteiger partial charge on any atom is 0.264 e. The Labute approximate surface area is 435 Å². The molecular weight excluding hydrogens is 900 g/mol. The molecule has 0 saturated carbocycles. The number of thiophene rings is 1. The normalized spacial score (nSPS) is 13.5. The van der Waals surface area contributed by atoms with Gasteiger partial charge in [0.1, 0.15) is 0 Å². The molecule has 2 aliphatic rings. The van der Waals surface area contributed by atoms with Crippen LogP contribution in [0.1, 0.15) is 84.6 Å². The van der Waals surface area contributed by atoms with Crippen molar-refractivity contribution in [3.8, 4) is 22.3 Å². The second-order valence-electron chi connectivity index (χ2n) is 23.8. The Kier molecular flexibility index (Phi) is 10.2. The van der Waals surface area contributed by atoms with Crippen molar-refractivity contribution in [2.75, 3.05) is 9.80 Å². The summed E-state index contributed by atoms with van der Waals surface area (Å²) in [5.41, 5.74) is 20.2. The van der Waals surface area contributed by atoms with E-state index in [1.165, 1.54) is 137 Å². The molecule has 3 heterocycles. The van der Waals surface area contributed by atoms with Gasteiger partial charge in [0.05, 0.1) is 11.4 Å². The van der Waals surface area contributed by atoms with Crippen LogP contribution in [0.5, 0.6) is 0 Å². The van der Waals surface area contributed by atoms with Crippen LogP contribution in [0.2, 0.25) is 0 Å². The quantitative estimate of drug-likeness (QED) is 0.128. The Morgan fingerprint density at radius 3 is 1.59 bits per heavy atom. The Hall–Kier alpha value is -7.40. The van der Waals surface area contributed by atoms with Gasteiger partial charge in [-0.05, 0) is 166 Å². The summed E-state index contributed by atoms with van der Waals surface area (Å²) in [6.07, 6.45) is 0. The van der Waals surface area contributed by atoms with Gasteiger partial charge in [0.15, 0.2) is 0 Å². The van der Waals surface area contributed by atoms with Crippen LogP contribution in [0.4, 0.5) is 34.1 Å². The highest BCUT2D eigenvalue weighted by Gasteiger charge is 2.46. The van der Waals surface area contributed by atoms with Gasteiger partial charge in [0.2, 0.25) is 0 Å². The first-order valence-corrected chi connectivity index (χ1v) is 26.9. The number of nitrogens with zero attached hydrogens (tertiary/aromatic N) is 2. The molecular formula is C69H61BN2S. The second kappa shape index (κ2) is 16.3. The van der Waals surface area contributed by atoms with Gasteiger partial charge in [-0.25, -0.2) is 0 Å². The Morgan fingerprint density at radius 2 is 0.945 bits per heavy atom. The van der Waals surface area contributed by atoms with E-state index in [0.717, 1.165) is 0 Å². The summed E-state index contributed by atoms with van der Waals surface area (Å²) in [6, 6.07) is 72.2. The molecule has 1 aromatic heterocycles. The molecule has 0 spiro atoms. The van der Waals surface area contributed by atoms with E-state index in [1.807, 2.05) is 11.3 Å². The lowest BCUT2D eigenvalue weighted by Crippen LogP contribution is -2.60. The van der Waals surface area contributed by atoms with Crippen LogP contribution in [0, 0.1) is 6.92 Å². The molecule has 73 heavy (non-hydrogen) atoms. The van der Waals surface area contributed by atoms with E-state index in [4.69, 9.17) is 0 Å². The Balaban J connectivity index is 1.13. The topological polar surface area (TPSA) is 6.48 Å². The van der Waals surface area contributed by atoms with Crippen LogP contribution in [0.3, 0.4) is 0 Å². The fourth-order valence-electron chi connectivity index (χ4n) is 12.1. The maximum absolute atomic E-state index is 2.64. The van der Waals surface area contributed by atoms with E-state index in [9.17, 15) is 0 Å². The lowest BCUT2D eigenvalue weighted by Gasteiger charge is -2.44. The molecule has 4 heteroatoms. The molecule has 0 N–H and O–H groups in total. The lowest BCUT2D eigenvalue weighted by molar-refractivity contribution is 0.590. The highest BCUT2D eigenvalue weighted by Crippen LogP contribution is 2.51. The number of hydrogen-bond donors (Lipinski definition) is 0. The predicted molar refractivity (Wildman–Crippen MR) is 320 cm³/mol. The lowest BCUT2D eigenvalue weighted by atomic mass is 9.36. The van der Waals surface area contributed by atoms with Crippen LogP contribution >= 0.6 is 11.3 Å². The minimum absolute atomic E-state index is 0.00297. The minimum atomic E-state index is -0.0745. The average Bonchev–Trinajstić information content (AvgIpc) is 3.76. The van der Waals surface area contributed by atoms with Gasteiger partial charge in [-0.15, -0.1) is 11.3 Å². The largest absolute Gasteiger partial charge is 0.311 e. The van der Waals surface area contributed by atoms with E-state index in [1.54, 1.807) is 0 Å². The molecule has 0 fully saturated rings. The summed E-state index contributed by atoms with van der Waals surface area (Å²) >= 11 is 1.98. The summed E-state index contributed by atoms with van der Waals surface area (Å²) in [6.45, 7) is 23.3. The molecule has 0 radical (unpaired) electrons.